The summed E-state index contributed by atoms with van der Waals surface area (Å²) in [7, 11) is 0. The highest BCUT2D eigenvalue weighted by molar-refractivity contribution is 7.98. The van der Waals surface area contributed by atoms with Crippen molar-refractivity contribution >= 4 is 23.4 Å². The molecule has 0 radical (unpaired) electrons. The number of hydrogen-bond acceptors (Lipinski definition) is 2. The molecule has 3 rings (SSSR count). The summed E-state index contributed by atoms with van der Waals surface area (Å²) >= 11 is 8.07. The maximum absolute atomic E-state index is 6.36. The van der Waals surface area contributed by atoms with Crippen molar-refractivity contribution in [1.29, 1.82) is 0 Å². The highest BCUT2D eigenvalue weighted by atomic mass is 35.5. The molecule has 0 aromatic heterocycles. The fraction of sp³-hybridized carbons (Fsp3) is 0.250. The van der Waals surface area contributed by atoms with E-state index in [2.05, 4.69) is 48.0 Å². The second-order valence-electron chi connectivity index (χ2n) is 4.82. The number of halogens is 1. The predicted molar refractivity (Wildman–Crippen MR) is 84.3 cm³/mol. The van der Waals surface area contributed by atoms with Crippen LogP contribution in [0.4, 0.5) is 0 Å². The molecule has 1 aliphatic rings. The van der Waals surface area contributed by atoms with E-state index in [1.165, 1.54) is 16.0 Å². The molecule has 19 heavy (non-hydrogen) atoms. The third-order valence-electron chi connectivity index (χ3n) is 3.65. The van der Waals surface area contributed by atoms with Crippen LogP contribution in [-0.2, 0) is 0 Å². The summed E-state index contributed by atoms with van der Waals surface area (Å²) in [5, 5.41) is 4.13. The van der Waals surface area contributed by atoms with Crippen LogP contribution >= 0.6 is 23.4 Å². The summed E-state index contributed by atoms with van der Waals surface area (Å²) in [5.41, 5.74) is 3.71. The van der Waals surface area contributed by atoms with Crippen LogP contribution in [0.25, 0.3) is 11.1 Å². The second kappa shape index (κ2) is 5.58. The second-order valence-corrected chi connectivity index (χ2v) is 6.11. The van der Waals surface area contributed by atoms with Gasteiger partial charge >= 0.3 is 0 Å². The maximum atomic E-state index is 6.36. The van der Waals surface area contributed by atoms with Gasteiger partial charge in [0.25, 0.3) is 0 Å². The molecule has 0 saturated carbocycles. The molecule has 0 atom stereocenters. The number of thioether (sulfide) groups is 1. The molecule has 0 spiro atoms. The third kappa shape index (κ3) is 2.66. The van der Waals surface area contributed by atoms with E-state index in [0.717, 1.165) is 23.7 Å². The molecular formula is C16H16ClNS. The van der Waals surface area contributed by atoms with Gasteiger partial charge in [-0.3, -0.25) is 0 Å². The molecule has 2 aromatic carbocycles. The molecule has 1 fully saturated rings. The molecule has 1 heterocycles. The first-order valence-corrected chi connectivity index (χ1v) is 8.03. The molecule has 0 amide bonds. The monoisotopic (exact) mass is 289 g/mol. The lowest BCUT2D eigenvalue weighted by molar-refractivity contribution is 0.448. The molecule has 0 aliphatic carbocycles. The third-order valence-corrected chi connectivity index (χ3v) is 4.69. The van der Waals surface area contributed by atoms with Crippen molar-refractivity contribution in [1.82, 2.24) is 5.32 Å². The van der Waals surface area contributed by atoms with E-state index in [1.807, 2.05) is 6.07 Å². The van der Waals surface area contributed by atoms with Crippen LogP contribution in [0.2, 0.25) is 5.02 Å². The minimum absolute atomic E-state index is 0.684. The Labute approximate surface area is 123 Å². The van der Waals surface area contributed by atoms with Crippen LogP contribution in [0, 0.1) is 0 Å². The Balaban J connectivity index is 1.89. The Hall–Kier alpha value is -0.960. The SMILES string of the molecule is CSc1ccc(-c2ccc(C3CNC3)cc2)c(Cl)c1. The zero-order valence-electron chi connectivity index (χ0n) is 10.8. The molecule has 1 nitrogen and oxygen atoms in total. The lowest BCUT2D eigenvalue weighted by atomic mass is 9.92. The molecular weight excluding hydrogens is 274 g/mol. The largest absolute Gasteiger partial charge is 0.315 e. The lowest BCUT2D eigenvalue weighted by Gasteiger charge is -2.27. The fourth-order valence-corrected chi connectivity index (χ4v) is 3.11. The quantitative estimate of drug-likeness (QED) is 0.840. The van der Waals surface area contributed by atoms with Crippen molar-refractivity contribution in [3.8, 4) is 11.1 Å². The minimum atomic E-state index is 0.684. The Kier molecular flexibility index (Phi) is 3.83. The van der Waals surface area contributed by atoms with Crippen LogP contribution in [0.1, 0.15) is 11.5 Å². The molecule has 3 heteroatoms. The van der Waals surface area contributed by atoms with Gasteiger partial charge in [-0.2, -0.15) is 0 Å². The summed E-state index contributed by atoms with van der Waals surface area (Å²) in [6.07, 6.45) is 2.06. The van der Waals surface area contributed by atoms with Crippen LogP contribution in [0.5, 0.6) is 0 Å². The zero-order chi connectivity index (χ0) is 13.2. The zero-order valence-corrected chi connectivity index (χ0v) is 12.4. The van der Waals surface area contributed by atoms with Crippen molar-refractivity contribution < 1.29 is 0 Å². The Morgan fingerprint density at radius 2 is 1.84 bits per heavy atom. The fourth-order valence-electron chi connectivity index (χ4n) is 2.32. The Morgan fingerprint density at radius 3 is 2.37 bits per heavy atom. The van der Waals surface area contributed by atoms with Gasteiger partial charge in [0, 0.05) is 34.5 Å². The van der Waals surface area contributed by atoms with Gasteiger partial charge < -0.3 is 5.32 Å². The van der Waals surface area contributed by atoms with E-state index < -0.39 is 0 Å². The van der Waals surface area contributed by atoms with E-state index in [0.29, 0.717) is 5.92 Å². The lowest BCUT2D eigenvalue weighted by Crippen LogP contribution is -2.39. The van der Waals surface area contributed by atoms with E-state index in [4.69, 9.17) is 11.6 Å². The predicted octanol–water partition coefficient (Wildman–Crippen LogP) is 4.42. The van der Waals surface area contributed by atoms with Crippen molar-refractivity contribution in [2.45, 2.75) is 10.8 Å². The summed E-state index contributed by atoms with van der Waals surface area (Å²) < 4.78 is 0. The van der Waals surface area contributed by atoms with Crippen LogP contribution in [0.15, 0.2) is 47.4 Å². The number of benzene rings is 2. The summed E-state index contributed by atoms with van der Waals surface area (Å²) in [6.45, 7) is 2.20. The minimum Gasteiger partial charge on any atom is -0.315 e. The van der Waals surface area contributed by atoms with E-state index in [9.17, 15) is 0 Å². The summed E-state index contributed by atoms with van der Waals surface area (Å²) in [4.78, 5) is 1.20. The molecule has 1 N–H and O–H groups in total. The average molecular weight is 290 g/mol. The van der Waals surface area contributed by atoms with Gasteiger partial charge in [0.1, 0.15) is 0 Å². The molecule has 1 aliphatic heterocycles. The van der Waals surface area contributed by atoms with Crippen LogP contribution in [-0.4, -0.2) is 19.3 Å². The van der Waals surface area contributed by atoms with Gasteiger partial charge in [0.15, 0.2) is 0 Å². The van der Waals surface area contributed by atoms with Crippen molar-refractivity contribution in [2.75, 3.05) is 19.3 Å². The van der Waals surface area contributed by atoms with Crippen LogP contribution < -0.4 is 5.32 Å². The van der Waals surface area contributed by atoms with Gasteiger partial charge in [-0.05, 0) is 29.5 Å². The van der Waals surface area contributed by atoms with Gasteiger partial charge in [-0.1, -0.05) is 41.9 Å². The standard InChI is InChI=1S/C16H16ClNS/c1-19-14-6-7-15(16(17)8-14)12-4-2-11(3-5-12)13-9-18-10-13/h2-8,13,18H,9-10H2,1H3. The highest BCUT2D eigenvalue weighted by Gasteiger charge is 2.18. The number of hydrogen-bond donors (Lipinski definition) is 1. The number of nitrogens with one attached hydrogen (secondary N) is 1. The first-order valence-electron chi connectivity index (χ1n) is 6.42. The molecule has 98 valence electrons. The number of rotatable bonds is 3. The summed E-state index contributed by atoms with van der Waals surface area (Å²) in [5.74, 6) is 0.684. The van der Waals surface area contributed by atoms with E-state index >= 15 is 0 Å². The Morgan fingerprint density at radius 1 is 1.11 bits per heavy atom. The topological polar surface area (TPSA) is 12.0 Å². The first kappa shape index (κ1) is 13.0. The molecule has 0 bridgehead atoms. The van der Waals surface area contributed by atoms with Crippen molar-refractivity contribution in [2.24, 2.45) is 0 Å². The van der Waals surface area contributed by atoms with Crippen molar-refractivity contribution in [3.05, 3.63) is 53.1 Å². The molecule has 2 aromatic rings. The highest BCUT2D eigenvalue weighted by Crippen LogP contribution is 2.32. The Bertz CT molecular complexity index is 576. The van der Waals surface area contributed by atoms with Crippen LogP contribution in [0.3, 0.4) is 0 Å². The van der Waals surface area contributed by atoms with E-state index in [-0.39, 0.29) is 0 Å². The van der Waals surface area contributed by atoms with Gasteiger partial charge in [0.05, 0.1) is 0 Å². The van der Waals surface area contributed by atoms with Gasteiger partial charge in [-0.25, -0.2) is 0 Å². The van der Waals surface area contributed by atoms with E-state index in [1.54, 1.807) is 11.8 Å². The summed E-state index contributed by atoms with van der Waals surface area (Å²) in [6, 6.07) is 15.1. The van der Waals surface area contributed by atoms with Crippen molar-refractivity contribution in [3.63, 3.8) is 0 Å². The smallest absolute Gasteiger partial charge is 0.0495 e. The molecule has 1 saturated heterocycles. The van der Waals surface area contributed by atoms with Gasteiger partial charge in [-0.15, -0.1) is 11.8 Å². The molecule has 0 unspecified atom stereocenters. The first-order chi connectivity index (χ1) is 9.28. The average Bonchev–Trinajstić information content (AvgIpc) is 2.38. The normalized spacial score (nSPS) is 15.3. The maximum Gasteiger partial charge on any atom is 0.0495 e. The van der Waals surface area contributed by atoms with Gasteiger partial charge in [0.2, 0.25) is 0 Å².